The molecule has 2 rings (SSSR count). The first-order valence-electron chi connectivity index (χ1n) is 3.39. The minimum atomic E-state index is -0.447. The monoisotopic (exact) mass is 167 g/mol. The van der Waals surface area contributed by atoms with Crippen molar-refractivity contribution in [1.29, 1.82) is 0 Å². The fourth-order valence-electron chi connectivity index (χ4n) is 1.12. The van der Waals surface area contributed by atoms with E-state index in [0.29, 0.717) is 5.52 Å². The largest absolute Gasteiger partial charge is 0.290 e. The van der Waals surface area contributed by atoms with E-state index in [1.165, 1.54) is 10.7 Å². The number of pyridine rings is 1. The Balaban J connectivity index is 3.00. The predicted octanol–water partition coefficient (Wildman–Crippen LogP) is 0.401. The summed E-state index contributed by atoms with van der Waals surface area (Å²) < 4.78 is 14.1. The first kappa shape index (κ1) is 7.02. The molecule has 1 N–H and O–H groups in total. The van der Waals surface area contributed by atoms with Crippen molar-refractivity contribution in [3.8, 4) is 0 Å². The standard InChI is InChI=1S/C7H6FN3O/c1-11-5-2-4(8)3-9-6(5)7(12)10-11/h2-3H,1H3,(H,10,12). The van der Waals surface area contributed by atoms with Gasteiger partial charge >= 0.3 is 0 Å². The number of rotatable bonds is 0. The van der Waals surface area contributed by atoms with Gasteiger partial charge in [-0.25, -0.2) is 9.37 Å². The number of hydrogen-bond donors (Lipinski definition) is 1. The van der Waals surface area contributed by atoms with Gasteiger partial charge in [0.1, 0.15) is 5.82 Å². The van der Waals surface area contributed by atoms with Gasteiger partial charge in [-0.05, 0) is 0 Å². The fourth-order valence-corrected chi connectivity index (χ4v) is 1.12. The van der Waals surface area contributed by atoms with Crippen molar-refractivity contribution >= 4 is 11.0 Å². The number of halogens is 1. The van der Waals surface area contributed by atoms with E-state index in [4.69, 9.17) is 0 Å². The number of aryl methyl sites for hydroxylation is 1. The first-order chi connectivity index (χ1) is 5.68. The molecule has 0 saturated heterocycles. The zero-order chi connectivity index (χ0) is 8.72. The molecule has 0 radical (unpaired) electrons. The van der Waals surface area contributed by atoms with Gasteiger partial charge in [0, 0.05) is 13.1 Å². The lowest BCUT2D eigenvalue weighted by Crippen LogP contribution is -2.02. The van der Waals surface area contributed by atoms with Gasteiger partial charge in [-0.15, -0.1) is 0 Å². The van der Waals surface area contributed by atoms with E-state index < -0.39 is 5.82 Å². The Morgan fingerprint density at radius 2 is 2.42 bits per heavy atom. The number of nitrogens with zero attached hydrogens (tertiary/aromatic N) is 2. The average molecular weight is 167 g/mol. The molecule has 0 spiro atoms. The molecule has 0 fully saturated rings. The van der Waals surface area contributed by atoms with Gasteiger partial charge in [-0.1, -0.05) is 0 Å². The maximum absolute atomic E-state index is 12.6. The number of hydrogen-bond acceptors (Lipinski definition) is 2. The van der Waals surface area contributed by atoms with Crippen LogP contribution < -0.4 is 5.56 Å². The molecule has 0 aliphatic carbocycles. The van der Waals surface area contributed by atoms with E-state index in [1.807, 2.05) is 0 Å². The summed E-state index contributed by atoms with van der Waals surface area (Å²) in [5, 5.41) is 2.47. The van der Waals surface area contributed by atoms with Crippen LogP contribution in [0, 0.1) is 5.82 Å². The first-order valence-corrected chi connectivity index (χ1v) is 3.39. The quantitative estimate of drug-likeness (QED) is 0.617. The minimum Gasteiger partial charge on any atom is -0.286 e. The molecule has 0 bridgehead atoms. The van der Waals surface area contributed by atoms with Gasteiger partial charge in [-0.3, -0.25) is 14.6 Å². The number of aromatic amines is 1. The highest BCUT2D eigenvalue weighted by Gasteiger charge is 2.05. The van der Waals surface area contributed by atoms with Gasteiger partial charge in [0.15, 0.2) is 5.52 Å². The molecule has 0 saturated carbocycles. The van der Waals surface area contributed by atoms with Crippen LogP contribution in [0.1, 0.15) is 0 Å². The fraction of sp³-hybridized carbons (Fsp3) is 0.143. The number of nitrogens with one attached hydrogen (secondary N) is 1. The van der Waals surface area contributed by atoms with Gasteiger partial charge in [0.25, 0.3) is 5.56 Å². The normalized spacial score (nSPS) is 10.8. The smallest absolute Gasteiger partial charge is 0.286 e. The number of fused-ring (bicyclic) bond motifs is 1. The van der Waals surface area contributed by atoms with Crippen LogP contribution in [0.15, 0.2) is 17.1 Å². The molecule has 2 aromatic heterocycles. The highest BCUT2D eigenvalue weighted by Crippen LogP contribution is 2.06. The molecule has 62 valence electrons. The van der Waals surface area contributed by atoms with Crippen molar-refractivity contribution in [3.63, 3.8) is 0 Å². The Bertz CT molecular complexity index is 485. The van der Waals surface area contributed by atoms with Gasteiger partial charge in [0.05, 0.1) is 11.7 Å². The van der Waals surface area contributed by atoms with Crippen molar-refractivity contribution in [2.75, 3.05) is 0 Å². The Labute approximate surface area is 66.6 Å². The van der Waals surface area contributed by atoms with Crippen LogP contribution in [0.5, 0.6) is 0 Å². The van der Waals surface area contributed by atoms with E-state index in [1.54, 1.807) is 7.05 Å². The maximum atomic E-state index is 12.6. The lowest BCUT2D eigenvalue weighted by atomic mass is 10.4. The predicted molar refractivity (Wildman–Crippen MR) is 41.3 cm³/mol. The van der Waals surface area contributed by atoms with Gasteiger partial charge in [0.2, 0.25) is 0 Å². The molecule has 4 nitrogen and oxygen atoms in total. The molecule has 5 heteroatoms. The van der Waals surface area contributed by atoms with Gasteiger partial charge < -0.3 is 0 Å². The van der Waals surface area contributed by atoms with E-state index in [2.05, 4.69) is 10.1 Å². The van der Waals surface area contributed by atoms with Crippen molar-refractivity contribution in [3.05, 3.63) is 28.4 Å². The van der Waals surface area contributed by atoms with Crippen LogP contribution in [-0.2, 0) is 7.05 Å². The molecule has 0 unspecified atom stereocenters. The SMILES string of the molecule is Cn1[nH]c(=O)c2ncc(F)cc21. The van der Waals surface area contributed by atoms with Crippen molar-refractivity contribution in [2.45, 2.75) is 0 Å². The summed E-state index contributed by atoms with van der Waals surface area (Å²) in [5.41, 5.74) is 0.436. The molecule has 0 aliphatic rings. The summed E-state index contributed by atoms with van der Waals surface area (Å²) in [6.07, 6.45) is 1.03. The van der Waals surface area contributed by atoms with Crippen molar-refractivity contribution in [2.24, 2.45) is 7.05 Å². The van der Waals surface area contributed by atoms with E-state index in [0.717, 1.165) is 6.20 Å². The Kier molecular flexibility index (Phi) is 1.27. The third-order valence-electron chi connectivity index (χ3n) is 1.68. The second-order valence-corrected chi connectivity index (χ2v) is 2.52. The molecular weight excluding hydrogens is 161 g/mol. The van der Waals surface area contributed by atoms with Gasteiger partial charge in [-0.2, -0.15) is 0 Å². The highest BCUT2D eigenvalue weighted by molar-refractivity contribution is 5.73. The van der Waals surface area contributed by atoms with E-state index in [9.17, 15) is 9.18 Å². The lowest BCUT2D eigenvalue weighted by Gasteiger charge is -1.92. The zero-order valence-electron chi connectivity index (χ0n) is 6.34. The van der Waals surface area contributed by atoms with E-state index in [-0.39, 0.29) is 11.1 Å². The Hall–Kier alpha value is -1.65. The third kappa shape index (κ3) is 0.827. The zero-order valence-corrected chi connectivity index (χ0v) is 6.34. The number of aromatic nitrogens is 3. The maximum Gasteiger partial charge on any atom is 0.290 e. The summed E-state index contributed by atoms with van der Waals surface area (Å²) in [5.74, 6) is -0.447. The summed E-state index contributed by atoms with van der Waals surface area (Å²) in [7, 11) is 1.63. The summed E-state index contributed by atoms with van der Waals surface area (Å²) in [4.78, 5) is 14.7. The van der Waals surface area contributed by atoms with Crippen LogP contribution in [0.4, 0.5) is 4.39 Å². The summed E-state index contributed by atoms with van der Waals surface area (Å²) >= 11 is 0. The molecule has 2 heterocycles. The molecule has 12 heavy (non-hydrogen) atoms. The van der Waals surface area contributed by atoms with Crippen LogP contribution >= 0.6 is 0 Å². The minimum absolute atomic E-state index is 0.263. The third-order valence-corrected chi connectivity index (χ3v) is 1.68. The highest BCUT2D eigenvalue weighted by atomic mass is 19.1. The molecule has 0 atom stereocenters. The molecule has 2 aromatic rings. The molecule has 0 aliphatic heterocycles. The molecule has 0 amide bonds. The number of H-pyrrole nitrogens is 1. The lowest BCUT2D eigenvalue weighted by molar-refractivity contribution is 0.622. The second-order valence-electron chi connectivity index (χ2n) is 2.52. The van der Waals surface area contributed by atoms with Crippen LogP contribution in [0.2, 0.25) is 0 Å². The van der Waals surface area contributed by atoms with E-state index >= 15 is 0 Å². The van der Waals surface area contributed by atoms with Crippen molar-refractivity contribution < 1.29 is 4.39 Å². The van der Waals surface area contributed by atoms with Crippen molar-refractivity contribution in [1.82, 2.24) is 14.8 Å². The topological polar surface area (TPSA) is 50.7 Å². The second kappa shape index (κ2) is 2.17. The summed E-state index contributed by atoms with van der Waals surface area (Å²) in [6.45, 7) is 0. The Morgan fingerprint density at radius 3 is 3.17 bits per heavy atom. The van der Waals surface area contributed by atoms with Crippen LogP contribution in [-0.4, -0.2) is 14.8 Å². The van der Waals surface area contributed by atoms with Crippen LogP contribution in [0.3, 0.4) is 0 Å². The summed E-state index contributed by atoms with van der Waals surface area (Å²) in [6, 6.07) is 1.26. The van der Waals surface area contributed by atoms with Crippen LogP contribution in [0.25, 0.3) is 11.0 Å². The molecule has 0 aromatic carbocycles. The average Bonchev–Trinajstić information content (AvgIpc) is 2.28. The molecular formula is C7H6FN3O. The Morgan fingerprint density at radius 1 is 1.67 bits per heavy atom.